The van der Waals surface area contributed by atoms with Gasteiger partial charge >= 0.3 is 0 Å². The molecule has 4 heteroatoms. The number of methoxy groups -OCH3 is 1. The fraction of sp³-hybridized carbons (Fsp3) is 0.400. The van der Waals surface area contributed by atoms with Crippen molar-refractivity contribution in [2.45, 2.75) is 26.3 Å². The summed E-state index contributed by atoms with van der Waals surface area (Å²) < 4.78 is 10.8. The van der Waals surface area contributed by atoms with Crippen LogP contribution in [0, 0.1) is 0 Å². The molecule has 4 nitrogen and oxygen atoms in total. The summed E-state index contributed by atoms with van der Waals surface area (Å²) in [4.78, 5) is 0. The van der Waals surface area contributed by atoms with Crippen molar-refractivity contribution in [2.24, 2.45) is 0 Å². The Balaban J connectivity index is 1.61. The van der Waals surface area contributed by atoms with Crippen molar-refractivity contribution in [1.29, 1.82) is 0 Å². The van der Waals surface area contributed by atoms with Gasteiger partial charge in [-0.2, -0.15) is 0 Å². The van der Waals surface area contributed by atoms with E-state index in [0.717, 1.165) is 56.3 Å². The largest absolute Gasteiger partial charge is 0.497 e. The van der Waals surface area contributed by atoms with Gasteiger partial charge in [-0.25, -0.2) is 0 Å². The maximum Gasteiger partial charge on any atom is 0.119 e. The van der Waals surface area contributed by atoms with Gasteiger partial charge in [0.2, 0.25) is 0 Å². The first-order valence-corrected chi connectivity index (χ1v) is 8.62. The van der Waals surface area contributed by atoms with Gasteiger partial charge in [0, 0.05) is 25.3 Å². The average molecular weight is 328 g/mol. The molecule has 0 aliphatic rings. The third-order valence-electron chi connectivity index (χ3n) is 3.74. The van der Waals surface area contributed by atoms with Gasteiger partial charge in [0.15, 0.2) is 0 Å². The zero-order valence-electron chi connectivity index (χ0n) is 14.7. The molecule has 0 aromatic heterocycles. The van der Waals surface area contributed by atoms with Crippen LogP contribution in [-0.4, -0.2) is 26.8 Å². The lowest BCUT2D eigenvalue weighted by molar-refractivity contribution is 0.309. The van der Waals surface area contributed by atoms with E-state index in [0.29, 0.717) is 0 Å². The van der Waals surface area contributed by atoms with Crippen molar-refractivity contribution in [3.63, 3.8) is 0 Å². The van der Waals surface area contributed by atoms with Crippen molar-refractivity contribution in [1.82, 2.24) is 5.32 Å². The molecule has 0 aliphatic heterocycles. The Morgan fingerprint density at radius 3 is 2.25 bits per heavy atom. The van der Waals surface area contributed by atoms with Crippen LogP contribution in [0.15, 0.2) is 48.5 Å². The Kier molecular flexibility index (Phi) is 7.98. The maximum atomic E-state index is 5.66. The first-order valence-electron chi connectivity index (χ1n) is 8.62. The Bertz CT molecular complexity index is 567. The Hall–Kier alpha value is -2.20. The number of benzene rings is 2. The lowest BCUT2D eigenvalue weighted by Gasteiger charge is -2.10. The Morgan fingerprint density at radius 1 is 0.875 bits per heavy atom. The molecular formula is C20H28N2O2. The first kappa shape index (κ1) is 18.1. The Labute approximate surface area is 145 Å². The number of unbranched alkanes of at least 4 members (excludes halogenated alkanes) is 1. The van der Waals surface area contributed by atoms with Crippen LogP contribution in [-0.2, 0) is 6.54 Å². The molecule has 0 amide bonds. The smallest absolute Gasteiger partial charge is 0.119 e. The van der Waals surface area contributed by atoms with Crippen molar-refractivity contribution >= 4 is 5.69 Å². The summed E-state index contributed by atoms with van der Waals surface area (Å²) in [5.41, 5.74) is 2.37. The second-order valence-corrected chi connectivity index (χ2v) is 5.68. The van der Waals surface area contributed by atoms with E-state index in [9.17, 15) is 0 Å². The van der Waals surface area contributed by atoms with Gasteiger partial charge < -0.3 is 20.1 Å². The highest BCUT2D eigenvalue weighted by atomic mass is 16.5. The van der Waals surface area contributed by atoms with Crippen LogP contribution in [0.1, 0.15) is 25.3 Å². The minimum absolute atomic E-state index is 0.790. The summed E-state index contributed by atoms with van der Waals surface area (Å²) in [6, 6.07) is 16.3. The summed E-state index contributed by atoms with van der Waals surface area (Å²) in [5, 5.41) is 6.83. The van der Waals surface area contributed by atoms with Gasteiger partial charge in [-0.15, -0.1) is 0 Å². The van der Waals surface area contributed by atoms with Crippen LogP contribution < -0.4 is 20.1 Å². The number of ether oxygens (including phenoxy) is 2. The summed E-state index contributed by atoms with van der Waals surface area (Å²) in [7, 11) is 1.68. The highest BCUT2D eigenvalue weighted by Gasteiger charge is 1.97. The number of nitrogens with one attached hydrogen (secondary N) is 2. The SMILES string of the molecule is CCCCOc1ccc(NCCNCc2ccc(OC)cc2)cc1. The van der Waals surface area contributed by atoms with Crippen LogP contribution in [0.5, 0.6) is 11.5 Å². The van der Waals surface area contributed by atoms with E-state index in [4.69, 9.17) is 9.47 Å². The molecule has 0 saturated heterocycles. The summed E-state index contributed by atoms with van der Waals surface area (Å²) in [5.74, 6) is 1.83. The zero-order valence-corrected chi connectivity index (χ0v) is 14.7. The molecule has 0 saturated carbocycles. The molecule has 2 N–H and O–H groups in total. The number of rotatable bonds is 11. The fourth-order valence-corrected chi connectivity index (χ4v) is 2.27. The van der Waals surface area contributed by atoms with E-state index in [2.05, 4.69) is 41.8 Å². The van der Waals surface area contributed by atoms with E-state index >= 15 is 0 Å². The molecular weight excluding hydrogens is 300 g/mol. The van der Waals surface area contributed by atoms with E-state index in [1.165, 1.54) is 5.56 Å². The third kappa shape index (κ3) is 6.50. The van der Waals surface area contributed by atoms with Gasteiger partial charge in [-0.05, 0) is 48.4 Å². The quantitative estimate of drug-likeness (QED) is 0.610. The van der Waals surface area contributed by atoms with E-state index in [1.54, 1.807) is 7.11 Å². The van der Waals surface area contributed by atoms with Crippen molar-refractivity contribution in [3.8, 4) is 11.5 Å². The van der Waals surface area contributed by atoms with Crippen molar-refractivity contribution < 1.29 is 9.47 Å². The number of hydrogen-bond donors (Lipinski definition) is 2. The lowest BCUT2D eigenvalue weighted by atomic mass is 10.2. The van der Waals surface area contributed by atoms with Gasteiger partial charge in [-0.3, -0.25) is 0 Å². The second-order valence-electron chi connectivity index (χ2n) is 5.68. The molecule has 0 aliphatic carbocycles. The minimum Gasteiger partial charge on any atom is -0.497 e. The zero-order chi connectivity index (χ0) is 17.0. The molecule has 0 radical (unpaired) electrons. The van der Waals surface area contributed by atoms with Crippen molar-refractivity contribution in [2.75, 3.05) is 32.1 Å². The van der Waals surface area contributed by atoms with Gasteiger partial charge in [0.1, 0.15) is 11.5 Å². The highest BCUT2D eigenvalue weighted by Crippen LogP contribution is 2.15. The molecule has 0 fully saturated rings. The second kappa shape index (κ2) is 10.6. The summed E-state index contributed by atoms with van der Waals surface area (Å²) >= 11 is 0. The van der Waals surface area contributed by atoms with Gasteiger partial charge in [0.25, 0.3) is 0 Å². The van der Waals surface area contributed by atoms with E-state index in [1.807, 2.05) is 24.3 Å². The first-order chi connectivity index (χ1) is 11.8. The predicted molar refractivity (Wildman–Crippen MR) is 100 cm³/mol. The fourth-order valence-electron chi connectivity index (χ4n) is 2.27. The van der Waals surface area contributed by atoms with Crippen LogP contribution in [0.2, 0.25) is 0 Å². The predicted octanol–water partition coefficient (Wildman–Crippen LogP) is 4.08. The van der Waals surface area contributed by atoms with Gasteiger partial charge in [-0.1, -0.05) is 25.5 Å². The van der Waals surface area contributed by atoms with Gasteiger partial charge in [0.05, 0.1) is 13.7 Å². The lowest BCUT2D eigenvalue weighted by Crippen LogP contribution is -2.21. The summed E-state index contributed by atoms with van der Waals surface area (Å²) in [6.07, 6.45) is 2.25. The topological polar surface area (TPSA) is 42.5 Å². The molecule has 2 aromatic rings. The molecule has 0 unspecified atom stereocenters. The molecule has 0 atom stereocenters. The van der Waals surface area contributed by atoms with E-state index in [-0.39, 0.29) is 0 Å². The molecule has 24 heavy (non-hydrogen) atoms. The van der Waals surface area contributed by atoms with Crippen molar-refractivity contribution in [3.05, 3.63) is 54.1 Å². The Morgan fingerprint density at radius 2 is 1.58 bits per heavy atom. The molecule has 0 bridgehead atoms. The standard InChI is InChI=1S/C20H28N2O2/c1-3-4-15-24-20-11-7-18(8-12-20)22-14-13-21-16-17-5-9-19(23-2)10-6-17/h5-12,21-22H,3-4,13-16H2,1-2H3. The summed E-state index contributed by atoms with van der Waals surface area (Å²) in [6.45, 7) is 5.60. The third-order valence-corrected chi connectivity index (χ3v) is 3.74. The minimum atomic E-state index is 0.790. The van der Waals surface area contributed by atoms with Crippen LogP contribution >= 0.6 is 0 Å². The van der Waals surface area contributed by atoms with E-state index < -0.39 is 0 Å². The molecule has 130 valence electrons. The number of hydrogen-bond acceptors (Lipinski definition) is 4. The number of anilines is 1. The monoisotopic (exact) mass is 328 g/mol. The highest BCUT2D eigenvalue weighted by molar-refractivity contribution is 5.46. The average Bonchev–Trinajstić information content (AvgIpc) is 2.63. The van der Waals surface area contributed by atoms with Crippen LogP contribution in [0.4, 0.5) is 5.69 Å². The molecule has 0 spiro atoms. The molecule has 2 rings (SSSR count). The molecule has 0 heterocycles. The van der Waals surface area contributed by atoms with Crippen LogP contribution in [0.25, 0.3) is 0 Å². The maximum absolute atomic E-state index is 5.66. The normalized spacial score (nSPS) is 10.4. The molecule has 2 aromatic carbocycles. The van der Waals surface area contributed by atoms with Crippen LogP contribution in [0.3, 0.4) is 0 Å².